The number of aromatic nitrogens is 2. The van der Waals surface area contributed by atoms with Gasteiger partial charge in [-0.25, -0.2) is 8.42 Å². The number of aryl methyl sites for hydroxylation is 1. The van der Waals surface area contributed by atoms with E-state index in [2.05, 4.69) is 9.82 Å². The van der Waals surface area contributed by atoms with Crippen molar-refractivity contribution in [2.45, 2.75) is 4.90 Å². The van der Waals surface area contributed by atoms with Gasteiger partial charge in [-0.05, 0) is 30.3 Å². The lowest BCUT2D eigenvalue weighted by molar-refractivity contribution is 0.601. The van der Waals surface area contributed by atoms with Gasteiger partial charge in [-0.15, -0.1) is 0 Å². The number of hydrogen-bond acceptors (Lipinski definition) is 3. The Morgan fingerprint density at radius 1 is 1.18 bits per heavy atom. The van der Waals surface area contributed by atoms with E-state index in [1.54, 1.807) is 29.1 Å². The van der Waals surface area contributed by atoms with Crippen molar-refractivity contribution in [2.24, 2.45) is 7.05 Å². The van der Waals surface area contributed by atoms with Crippen molar-refractivity contribution < 1.29 is 8.42 Å². The molecule has 0 unspecified atom stereocenters. The second-order valence-electron chi connectivity index (χ2n) is 4.70. The number of nitrogens with one attached hydrogen (secondary N) is 1. The van der Waals surface area contributed by atoms with Gasteiger partial charge in [0.05, 0.1) is 21.8 Å². The number of fused-ring (bicyclic) bond motifs is 1. The lowest BCUT2D eigenvalue weighted by Gasteiger charge is -2.10. The summed E-state index contributed by atoms with van der Waals surface area (Å²) in [6.45, 7) is 0. The van der Waals surface area contributed by atoms with E-state index in [1.807, 2.05) is 7.05 Å². The fourth-order valence-electron chi connectivity index (χ4n) is 2.13. The van der Waals surface area contributed by atoms with Crippen molar-refractivity contribution in [1.82, 2.24) is 9.78 Å². The average Bonchev–Trinajstić information content (AvgIpc) is 2.82. The zero-order chi connectivity index (χ0) is 15.9. The molecule has 0 saturated carbocycles. The second kappa shape index (κ2) is 5.46. The zero-order valence-electron chi connectivity index (χ0n) is 11.4. The molecule has 2 aromatic carbocycles. The van der Waals surface area contributed by atoms with Crippen LogP contribution in [-0.2, 0) is 17.1 Å². The Labute approximate surface area is 137 Å². The van der Waals surface area contributed by atoms with Crippen LogP contribution in [0.15, 0.2) is 47.5 Å². The third-order valence-corrected chi connectivity index (χ3v) is 5.56. The predicted molar refractivity (Wildman–Crippen MR) is 88.0 cm³/mol. The normalized spacial score (nSPS) is 11.8. The summed E-state index contributed by atoms with van der Waals surface area (Å²) in [5.41, 5.74) is 1.33. The molecule has 8 heteroatoms. The predicted octanol–water partition coefficient (Wildman–Crippen LogP) is 3.68. The highest BCUT2D eigenvalue weighted by atomic mass is 35.5. The van der Waals surface area contributed by atoms with E-state index in [-0.39, 0.29) is 14.9 Å². The van der Waals surface area contributed by atoms with Crippen LogP contribution >= 0.6 is 23.2 Å². The Morgan fingerprint density at radius 2 is 1.95 bits per heavy atom. The quantitative estimate of drug-likeness (QED) is 0.779. The van der Waals surface area contributed by atoms with E-state index in [1.165, 1.54) is 18.2 Å². The highest BCUT2D eigenvalue weighted by molar-refractivity contribution is 7.92. The van der Waals surface area contributed by atoms with Crippen molar-refractivity contribution in [2.75, 3.05) is 4.72 Å². The summed E-state index contributed by atoms with van der Waals surface area (Å²) in [4.78, 5) is -0.0621. The summed E-state index contributed by atoms with van der Waals surface area (Å²) in [5.74, 6) is 0. The largest absolute Gasteiger partial charge is 0.280 e. The molecular weight excluding hydrogens is 345 g/mol. The fourth-order valence-corrected chi connectivity index (χ4v) is 3.94. The van der Waals surface area contributed by atoms with Crippen LogP contribution in [0.3, 0.4) is 0 Å². The van der Waals surface area contributed by atoms with Crippen LogP contribution in [0, 0.1) is 0 Å². The van der Waals surface area contributed by atoms with Gasteiger partial charge in [0, 0.05) is 18.1 Å². The molecule has 114 valence electrons. The zero-order valence-corrected chi connectivity index (χ0v) is 13.7. The maximum atomic E-state index is 12.4. The van der Waals surface area contributed by atoms with Crippen molar-refractivity contribution in [3.8, 4) is 0 Å². The minimum atomic E-state index is -3.82. The Hall–Kier alpha value is -1.76. The Balaban J connectivity index is 2.01. The van der Waals surface area contributed by atoms with E-state index in [0.717, 1.165) is 10.9 Å². The van der Waals surface area contributed by atoms with Crippen LogP contribution in [0.5, 0.6) is 0 Å². The van der Waals surface area contributed by atoms with Crippen molar-refractivity contribution in [3.63, 3.8) is 0 Å². The molecule has 0 bridgehead atoms. The van der Waals surface area contributed by atoms with Gasteiger partial charge >= 0.3 is 0 Å². The first kappa shape index (κ1) is 15.1. The van der Waals surface area contributed by atoms with Crippen molar-refractivity contribution in [1.29, 1.82) is 0 Å². The first-order valence-corrected chi connectivity index (χ1v) is 8.51. The van der Waals surface area contributed by atoms with E-state index < -0.39 is 10.0 Å². The highest BCUT2D eigenvalue weighted by Gasteiger charge is 2.19. The Kier molecular flexibility index (Phi) is 3.76. The lowest BCUT2D eigenvalue weighted by atomic mass is 10.2. The maximum Gasteiger partial charge on any atom is 0.263 e. The minimum Gasteiger partial charge on any atom is -0.280 e. The molecule has 3 rings (SSSR count). The molecule has 22 heavy (non-hydrogen) atoms. The highest BCUT2D eigenvalue weighted by Crippen LogP contribution is 2.30. The first-order valence-electron chi connectivity index (χ1n) is 6.27. The van der Waals surface area contributed by atoms with Gasteiger partial charge in [-0.2, -0.15) is 5.10 Å². The van der Waals surface area contributed by atoms with Crippen LogP contribution in [0.25, 0.3) is 10.9 Å². The average molecular weight is 356 g/mol. The van der Waals surface area contributed by atoms with Crippen LogP contribution in [0.4, 0.5) is 5.69 Å². The summed E-state index contributed by atoms with van der Waals surface area (Å²) in [5, 5.41) is 5.14. The SMILES string of the molecule is Cn1ncc2cc(NS(=O)(=O)c3cccc(Cl)c3Cl)ccc21. The number of rotatable bonds is 3. The van der Waals surface area contributed by atoms with Gasteiger partial charge in [0.2, 0.25) is 0 Å². The molecule has 0 spiro atoms. The van der Waals surface area contributed by atoms with Crippen molar-refractivity contribution >= 4 is 49.8 Å². The third kappa shape index (κ3) is 2.65. The van der Waals surface area contributed by atoms with Gasteiger partial charge in [0.1, 0.15) is 4.90 Å². The molecular formula is C14H11Cl2N3O2S. The number of hydrogen-bond donors (Lipinski definition) is 1. The summed E-state index contributed by atoms with van der Waals surface area (Å²) in [6, 6.07) is 9.63. The monoisotopic (exact) mass is 355 g/mol. The molecule has 1 aromatic heterocycles. The first-order chi connectivity index (χ1) is 10.4. The topological polar surface area (TPSA) is 64.0 Å². The molecule has 0 fully saturated rings. The second-order valence-corrected chi connectivity index (χ2v) is 7.14. The molecule has 0 saturated heterocycles. The molecule has 0 aliphatic rings. The smallest absolute Gasteiger partial charge is 0.263 e. The standard InChI is InChI=1S/C14H11Cl2N3O2S/c1-19-12-6-5-10(7-9(12)8-17-19)18-22(20,21)13-4-2-3-11(15)14(13)16/h2-8,18H,1H3. The van der Waals surface area contributed by atoms with Gasteiger partial charge in [0.15, 0.2) is 0 Å². The molecule has 0 aliphatic heterocycles. The number of anilines is 1. The molecule has 5 nitrogen and oxygen atoms in total. The molecule has 3 aromatic rings. The lowest BCUT2D eigenvalue weighted by Crippen LogP contribution is -2.13. The summed E-state index contributed by atoms with van der Waals surface area (Å²) < 4.78 is 29.1. The van der Waals surface area contributed by atoms with E-state index in [9.17, 15) is 8.42 Å². The summed E-state index contributed by atoms with van der Waals surface area (Å²) in [7, 11) is -2.00. The van der Waals surface area contributed by atoms with Gasteiger partial charge in [-0.3, -0.25) is 9.40 Å². The number of halogens is 2. The van der Waals surface area contributed by atoms with Crippen molar-refractivity contribution in [3.05, 3.63) is 52.6 Å². The van der Waals surface area contributed by atoms with Crippen LogP contribution in [-0.4, -0.2) is 18.2 Å². The molecule has 0 aliphatic carbocycles. The van der Waals surface area contributed by atoms with E-state index in [4.69, 9.17) is 23.2 Å². The van der Waals surface area contributed by atoms with Gasteiger partial charge < -0.3 is 0 Å². The summed E-state index contributed by atoms with van der Waals surface area (Å²) in [6.07, 6.45) is 1.67. The molecule has 0 radical (unpaired) electrons. The van der Waals surface area contributed by atoms with Crippen LogP contribution in [0.1, 0.15) is 0 Å². The van der Waals surface area contributed by atoms with E-state index >= 15 is 0 Å². The summed E-state index contributed by atoms with van der Waals surface area (Å²) >= 11 is 11.8. The number of nitrogens with zero attached hydrogens (tertiary/aromatic N) is 2. The third-order valence-electron chi connectivity index (χ3n) is 3.20. The Morgan fingerprint density at radius 3 is 2.73 bits per heavy atom. The van der Waals surface area contributed by atoms with Crippen LogP contribution < -0.4 is 4.72 Å². The molecule has 1 heterocycles. The fraction of sp³-hybridized carbons (Fsp3) is 0.0714. The molecule has 1 N–H and O–H groups in total. The number of benzene rings is 2. The molecule has 0 amide bonds. The maximum absolute atomic E-state index is 12.4. The van der Waals surface area contributed by atoms with E-state index in [0.29, 0.717) is 5.69 Å². The Bertz CT molecular complexity index is 967. The minimum absolute atomic E-state index is 0.000812. The van der Waals surface area contributed by atoms with Gasteiger partial charge in [-0.1, -0.05) is 29.3 Å². The van der Waals surface area contributed by atoms with Gasteiger partial charge in [0.25, 0.3) is 10.0 Å². The number of sulfonamides is 1. The van der Waals surface area contributed by atoms with Crippen LogP contribution in [0.2, 0.25) is 10.0 Å². The molecule has 0 atom stereocenters.